The van der Waals surface area contributed by atoms with Gasteiger partial charge >= 0.3 is 0 Å². The minimum Gasteiger partial charge on any atom is -0.490 e. The highest BCUT2D eigenvalue weighted by atomic mass is 16.5. The van der Waals surface area contributed by atoms with E-state index >= 15 is 0 Å². The number of rotatable bonds is 6. The zero-order valence-corrected chi connectivity index (χ0v) is 14.2. The lowest BCUT2D eigenvalue weighted by Gasteiger charge is -2.23. The Kier molecular flexibility index (Phi) is 6.10. The summed E-state index contributed by atoms with van der Waals surface area (Å²) in [5.74, 6) is 0.871. The van der Waals surface area contributed by atoms with E-state index in [1.165, 1.54) is 19.3 Å². The molecule has 1 aliphatic carbocycles. The number of benzene rings is 1. The van der Waals surface area contributed by atoms with Crippen molar-refractivity contribution in [3.63, 3.8) is 0 Å². The van der Waals surface area contributed by atoms with Crippen molar-refractivity contribution in [2.45, 2.75) is 69.8 Å². The maximum Gasteiger partial charge on any atom is 0.249 e. The van der Waals surface area contributed by atoms with Gasteiger partial charge in [0.15, 0.2) is 0 Å². The van der Waals surface area contributed by atoms with Gasteiger partial charge in [0.2, 0.25) is 5.91 Å². The van der Waals surface area contributed by atoms with Crippen LogP contribution in [0.2, 0.25) is 0 Å². The molecular formula is C19H28N2O3. The topological polar surface area (TPSA) is 73.6 Å². The van der Waals surface area contributed by atoms with Crippen LogP contribution in [0, 0.1) is 0 Å². The van der Waals surface area contributed by atoms with E-state index in [1.807, 2.05) is 24.3 Å². The lowest BCUT2D eigenvalue weighted by atomic mass is 9.98. The highest BCUT2D eigenvalue weighted by Crippen LogP contribution is 2.23. The van der Waals surface area contributed by atoms with Crippen LogP contribution >= 0.6 is 0 Å². The summed E-state index contributed by atoms with van der Waals surface area (Å²) < 4.78 is 11.6. The molecule has 2 atom stereocenters. The lowest BCUT2D eigenvalue weighted by molar-refractivity contribution is -0.132. The number of nitrogens with two attached hydrogens (primary N) is 1. The Morgan fingerprint density at radius 1 is 1.12 bits per heavy atom. The molecule has 132 valence electrons. The average molecular weight is 332 g/mol. The second-order valence-corrected chi connectivity index (χ2v) is 6.80. The van der Waals surface area contributed by atoms with Crippen molar-refractivity contribution in [2.75, 3.05) is 6.54 Å². The fourth-order valence-corrected chi connectivity index (χ4v) is 3.44. The predicted octanol–water partition coefficient (Wildman–Crippen LogP) is 2.52. The van der Waals surface area contributed by atoms with Crippen LogP contribution in [0.5, 0.6) is 5.75 Å². The molecule has 1 heterocycles. The fraction of sp³-hybridized carbons (Fsp3) is 0.632. The molecule has 5 heteroatoms. The molecule has 2 fully saturated rings. The predicted molar refractivity (Wildman–Crippen MR) is 92.7 cm³/mol. The highest BCUT2D eigenvalue weighted by Gasteiger charge is 2.29. The largest absolute Gasteiger partial charge is 0.490 e. The minimum atomic E-state index is -0.354. The molecule has 1 aliphatic heterocycles. The molecular weight excluding hydrogens is 304 g/mol. The van der Waals surface area contributed by atoms with Gasteiger partial charge in [0.1, 0.15) is 11.9 Å². The Balaban J connectivity index is 1.43. The van der Waals surface area contributed by atoms with Gasteiger partial charge < -0.3 is 20.5 Å². The van der Waals surface area contributed by atoms with Gasteiger partial charge in [0, 0.05) is 13.1 Å². The van der Waals surface area contributed by atoms with Gasteiger partial charge in [-0.3, -0.25) is 4.79 Å². The summed E-state index contributed by atoms with van der Waals surface area (Å²) in [6, 6.07) is 8.01. The molecule has 0 radical (unpaired) electrons. The fourth-order valence-electron chi connectivity index (χ4n) is 3.44. The van der Waals surface area contributed by atoms with E-state index in [9.17, 15) is 4.79 Å². The van der Waals surface area contributed by atoms with Crippen molar-refractivity contribution >= 4 is 5.91 Å². The molecule has 1 aromatic rings. The number of carbonyl (C=O) groups is 1. The van der Waals surface area contributed by atoms with E-state index in [4.69, 9.17) is 15.2 Å². The molecule has 3 rings (SSSR count). The van der Waals surface area contributed by atoms with E-state index in [-0.39, 0.29) is 18.1 Å². The van der Waals surface area contributed by atoms with E-state index in [0.717, 1.165) is 37.0 Å². The third-order valence-electron chi connectivity index (χ3n) is 4.91. The van der Waals surface area contributed by atoms with E-state index in [2.05, 4.69) is 5.32 Å². The van der Waals surface area contributed by atoms with Crippen molar-refractivity contribution in [2.24, 2.45) is 5.73 Å². The lowest BCUT2D eigenvalue weighted by Crippen LogP contribution is -2.35. The first-order valence-corrected chi connectivity index (χ1v) is 9.13. The molecule has 3 N–H and O–H groups in total. The Morgan fingerprint density at radius 2 is 1.88 bits per heavy atom. The third-order valence-corrected chi connectivity index (χ3v) is 4.91. The number of carbonyl (C=O) groups excluding carboxylic acids is 1. The van der Waals surface area contributed by atoms with Crippen LogP contribution in [-0.4, -0.2) is 30.8 Å². The van der Waals surface area contributed by atoms with Crippen LogP contribution < -0.4 is 15.8 Å². The first-order valence-electron chi connectivity index (χ1n) is 9.13. The highest BCUT2D eigenvalue weighted by molar-refractivity contribution is 5.81. The molecule has 1 saturated heterocycles. The summed E-state index contributed by atoms with van der Waals surface area (Å²) in [7, 11) is 0. The van der Waals surface area contributed by atoms with Crippen molar-refractivity contribution in [1.29, 1.82) is 0 Å². The Bertz CT molecular complexity index is 526. The van der Waals surface area contributed by atoms with Crippen molar-refractivity contribution in [3.8, 4) is 5.75 Å². The molecule has 0 unspecified atom stereocenters. The molecule has 24 heavy (non-hydrogen) atoms. The summed E-state index contributed by atoms with van der Waals surface area (Å²) in [6.45, 7) is 0.988. The van der Waals surface area contributed by atoms with Crippen molar-refractivity contribution in [1.82, 2.24) is 5.32 Å². The first-order chi connectivity index (χ1) is 11.7. The standard InChI is InChI=1S/C19H28N2O3/c20-12-17-10-11-18(24-17)19(22)21-13-14-6-8-16(9-7-14)23-15-4-2-1-3-5-15/h6-9,15,17-18H,1-5,10-13,20H2,(H,21,22)/t17-,18+/m1/s1. The first kappa shape index (κ1) is 17.2. The van der Waals surface area contributed by atoms with E-state index in [0.29, 0.717) is 19.2 Å². The van der Waals surface area contributed by atoms with Gasteiger partial charge in [-0.25, -0.2) is 0 Å². The van der Waals surface area contributed by atoms with E-state index in [1.54, 1.807) is 0 Å². The van der Waals surface area contributed by atoms with Gasteiger partial charge in [-0.05, 0) is 56.2 Å². The summed E-state index contributed by atoms with van der Waals surface area (Å²) in [5, 5.41) is 2.94. The number of hydrogen-bond acceptors (Lipinski definition) is 4. The van der Waals surface area contributed by atoms with Crippen molar-refractivity contribution in [3.05, 3.63) is 29.8 Å². The smallest absolute Gasteiger partial charge is 0.249 e. The summed E-state index contributed by atoms with van der Waals surface area (Å²) in [5.41, 5.74) is 6.64. The van der Waals surface area contributed by atoms with Gasteiger partial charge in [-0.2, -0.15) is 0 Å². The van der Waals surface area contributed by atoms with E-state index < -0.39 is 0 Å². The molecule has 0 spiro atoms. The third kappa shape index (κ3) is 4.71. The van der Waals surface area contributed by atoms with Crippen LogP contribution in [-0.2, 0) is 16.1 Å². The zero-order valence-electron chi connectivity index (χ0n) is 14.2. The van der Waals surface area contributed by atoms with Crippen LogP contribution in [0.4, 0.5) is 0 Å². The summed E-state index contributed by atoms with van der Waals surface area (Å²) in [6.07, 6.45) is 7.82. The maximum atomic E-state index is 12.1. The second-order valence-electron chi connectivity index (χ2n) is 6.80. The molecule has 5 nitrogen and oxygen atoms in total. The molecule has 0 bridgehead atoms. The van der Waals surface area contributed by atoms with Crippen LogP contribution in [0.15, 0.2) is 24.3 Å². The quantitative estimate of drug-likeness (QED) is 0.839. The monoisotopic (exact) mass is 332 g/mol. The Morgan fingerprint density at radius 3 is 2.54 bits per heavy atom. The van der Waals surface area contributed by atoms with Gasteiger partial charge in [-0.1, -0.05) is 18.6 Å². The number of nitrogens with one attached hydrogen (secondary N) is 1. The Labute approximate surface area is 143 Å². The minimum absolute atomic E-state index is 0.0250. The molecule has 1 amide bonds. The SMILES string of the molecule is NC[C@H]1CC[C@@H](C(=O)NCc2ccc(OC3CCCCC3)cc2)O1. The average Bonchev–Trinajstić information content (AvgIpc) is 3.11. The molecule has 1 saturated carbocycles. The molecule has 1 aromatic carbocycles. The van der Waals surface area contributed by atoms with Crippen molar-refractivity contribution < 1.29 is 14.3 Å². The van der Waals surface area contributed by atoms with Crippen LogP contribution in [0.25, 0.3) is 0 Å². The number of amides is 1. The second kappa shape index (κ2) is 8.49. The normalized spacial score (nSPS) is 24.7. The van der Waals surface area contributed by atoms with Gasteiger partial charge in [0.05, 0.1) is 12.2 Å². The number of hydrogen-bond donors (Lipinski definition) is 2. The summed E-state index contributed by atoms with van der Waals surface area (Å²) >= 11 is 0. The van der Waals surface area contributed by atoms with Gasteiger partial charge in [0.25, 0.3) is 0 Å². The van der Waals surface area contributed by atoms with Crippen LogP contribution in [0.1, 0.15) is 50.5 Å². The summed E-state index contributed by atoms with van der Waals surface area (Å²) in [4.78, 5) is 12.1. The zero-order chi connectivity index (χ0) is 16.8. The van der Waals surface area contributed by atoms with Gasteiger partial charge in [-0.15, -0.1) is 0 Å². The molecule has 2 aliphatic rings. The number of ether oxygens (including phenoxy) is 2. The van der Waals surface area contributed by atoms with Crippen LogP contribution in [0.3, 0.4) is 0 Å². The maximum absolute atomic E-state index is 12.1. The Hall–Kier alpha value is -1.59. The molecule has 0 aromatic heterocycles.